The van der Waals surface area contributed by atoms with Crippen LogP contribution in [0, 0.1) is 0 Å². The summed E-state index contributed by atoms with van der Waals surface area (Å²) >= 11 is 0. The van der Waals surface area contributed by atoms with Gasteiger partial charge in [0.2, 0.25) is 5.88 Å². The molecule has 0 spiro atoms. The van der Waals surface area contributed by atoms with Crippen LogP contribution in [0.2, 0.25) is 0 Å². The minimum absolute atomic E-state index is 0.0883. The molecule has 0 aromatic carbocycles. The number of hydrogen-bond acceptors (Lipinski definition) is 4. The van der Waals surface area contributed by atoms with Gasteiger partial charge in [-0.1, -0.05) is 6.92 Å². The Morgan fingerprint density at radius 3 is 2.93 bits per heavy atom. The third-order valence-electron chi connectivity index (χ3n) is 2.05. The molecule has 1 unspecified atom stereocenters. The van der Waals surface area contributed by atoms with Crippen molar-refractivity contribution in [2.24, 2.45) is 0 Å². The lowest BCUT2D eigenvalue weighted by Crippen LogP contribution is -2.11. The third kappa shape index (κ3) is 3.23. The van der Waals surface area contributed by atoms with Crippen molar-refractivity contribution in [3.8, 4) is 5.88 Å². The van der Waals surface area contributed by atoms with Gasteiger partial charge in [0.15, 0.2) is 0 Å². The summed E-state index contributed by atoms with van der Waals surface area (Å²) in [5.74, 6) is 0.0682. The van der Waals surface area contributed by atoms with Crippen LogP contribution in [0.5, 0.6) is 5.88 Å². The average Bonchev–Trinajstić information content (AvgIpc) is 2.28. The van der Waals surface area contributed by atoms with Gasteiger partial charge in [-0.15, -0.1) is 0 Å². The molecule has 0 bridgehead atoms. The second-order valence-electron chi connectivity index (χ2n) is 3.21. The van der Waals surface area contributed by atoms with E-state index in [4.69, 9.17) is 4.74 Å². The summed E-state index contributed by atoms with van der Waals surface area (Å²) in [7, 11) is 1.35. The Kier molecular flexibility index (Phi) is 4.09. The van der Waals surface area contributed by atoms with E-state index < -0.39 is 0 Å². The van der Waals surface area contributed by atoms with Crippen molar-refractivity contribution in [1.29, 1.82) is 0 Å². The Labute approximate surface area is 89.2 Å². The number of hydrogen-bond donors (Lipinski definition) is 0. The predicted molar refractivity (Wildman–Crippen MR) is 56.0 cm³/mol. The first-order valence-corrected chi connectivity index (χ1v) is 4.88. The molecule has 1 aromatic rings. The molecule has 0 aliphatic carbocycles. The van der Waals surface area contributed by atoms with E-state index in [2.05, 4.69) is 9.72 Å². The maximum Gasteiger partial charge on any atom is 0.338 e. The van der Waals surface area contributed by atoms with Gasteiger partial charge >= 0.3 is 5.97 Å². The average molecular weight is 209 g/mol. The Bertz CT molecular complexity index is 338. The van der Waals surface area contributed by atoms with Crippen LogP contribution < -0.4 is 4.74 Å². The van der Waals surface area contributed by atoms with Crippen molar-refractivity contribution >= 4 is 5.97 Å². The first kappa shape index (κ1) is 11.5. The fourth-order valence-corrected chi connectivity index (χ4v) is 1.01. The van der Waals surface area contributed by atoms with E-state index >= 15 is 0 Å². The van der Waals surface area contributed by atoms with Crippen LogP contribution in [0.25, 0.3) is 0 Å². The number of rotatable bonds is 4. The molecule has 4 heteroatoms. The zero-order valence-corrected chi connectivity index (χ0v) is 9.19. The zero-order valence-electron chi connectivity index (χ0n) is 9.19. The fourth-order valence-electron chi connectivity index (χ4n) is 1.01. The second-order valence-corrected chi connectivity index (χ2v) is 3.21. The number of aromatic nitrogens is 1. The number of nitrogens with zero attached hydrogens (tertiary/aromatic N) is 1. The van der Waals surface area contributed by atoms with Gasteiger partial charge in [-0.2, -0.15) is 0 Å². The largest absolute Gasteiger partial charge is 0.475 e. The molecule has 1 aromatic heterocycles. The third-order valence-corrected chi connectivity index (χ3v) is 2.05. The van der Waals surface area contributed by atoms with Gasteiger partial charge in [0.25, 0.3) is 0 Å². The number of pyridine rings is 1. The van der Waals surface area contributed by atoms with Gasteiger partial charge in [0.1, 0.15) is 0 Å². The highest BCUT2D eigenvalue weighted by atomic mass is 16.5. The van der Waals surface area contributed by atoms with Crippen molar-refractivity contribution in [1.82, 2.24) is 4.98 Å². The first-order valence-electron chi connectivity index (χ1n) is 4.88. The Morgan fingerprint density at radius 2 is 2.33 bits per heavy atom. The van der Waals surface area contributed by atoms with Crippen molar-refractivity contribution < 1.29 is 14.3 Å². The van der Waals surface area contributed by atoms with Crippen LogP contribution in [-0.4, -0.2) is 24.2 Å². The Hall–Kier alpha value is -1.58. The fraction of sp³-hybridized carbons (Fsp3) is 0.455. The van der Waals surface area contributed by atoms with E-state index in [1.165, 1.54) is 13.3 Å². The minimum Gasteiger partial charge on any atom is -0.475 e. The lowest BCUT2D eigenvalue weighted by molar-refractivity contribution is 0.0599. The second kappa shape index (κ2) is 5.34. The highest BCUT2D eigenvalue weighted by molar-refractivity contribution is 5.89. The van der Waals surface area contributed by atoms with Crippen molar-refractivity contribution in [2.45, 2.75) is 26.4 Å². The van der Waals surface area contributed by atoms with Crippen molar-refractivity contribution in [3.63, 3.8) is 0 Å². The van der Waals surface area contributed by atoms with Gasteiger partial charge in [0.05, 0.1) is 18.8 Å². The maximum absolute atomic E-state index is 11.2. The molecule has 0 N–H and O–H groups in total. The Balaban J connectivity index is 2.78. The van der Waals surface area contributed by atoms with Gasteiger partial charge < -0.3 is 9.47 Å². The molecular weight excluding hydrogens is 194 g/mol. The molecule has 15 heavy (non-hydrogen) atoms. The first-order chi connectivity index (χ1) is 7.17. The summed E-state index contributed by atoms with van der Waals surface area (Å²) in [6.07, 6.45) is 2.51. The highest BCUT2D eigenvalue weighted by Gasteiger charge is 2.08. The molecule has 0 saturated carbocycles. The van der Waals surface area contributed by atoms with Crippen LogP contribution >= 0.6 is 0 Å². The van der Waals surface area contributed by atoms with E-state index in [0.29, 0.717) is 11.4 Å². The molecule has 0 amide bonds. The number of ether oxygens (including phenoxy) is 2. The van der Waals surface area contributed by atoms with Gasteiger partial charge in [0, 0.05) is 12.3 Å². The van der Waals surface area contributed by atoms with E-state index in [-0.39, 0.29) is 12.1 Å². The van der Waals surface area contributed by atoms with Gasteiger partial charge in [-0.3, -0.25) is 0 Å². The summed E-state index contributed by atoms with van der Waals surface area (Å²) in [5, 5.41) is 0. The molecule has 0 radical (unpaired) electrons. The Morgan fingerprint density at radius 1 is 1.60 bits per heavy atom. The van der Waals surface area contributed by atoms with Crippen LogP contribution in [0.15, 0.2) is 18.3 Å². The number of methoxy groups -OCH3 is 1. The number of carbonyl (C=O) groups excluding carboxylic acids is 1. The topological polar surface area (TPSA) is 48.4 Å². The monoisotopic (exact) mass is 209 g/mol. The van der Waals surface area contributed by atoms with E-state index in [9.17, 15) is 4.79 Å². The molecule has 0 aliphatic rings. The van der Waals surface area contributed by atoms with E-state index in [1.54, 1.807) is 12.1 Å². The predicted octanol–water partition coefficient (Wildman–Crippen LogP) is 2.05. The van der Waals surface area contributed by atoms with E-state index in [1.807, 2.05) is 13.8 Å². The maximum atomic E-state index is 11.2. The van der Waals surface area contributed by atoms with Gasteiger partial charge in [-0.25, -0.2) is 9.78 Å². The summed E-state index contributed by atoms with van der Waals surface area (Å²) in [5.41, 5.74) is 0.450. The summed E-state index contributed by atoms with van der Waals surface area (Å²) < 4.78 is 10.1. The molecule has 82 valence electrons. The normalized spacial score (nSPS) is 11.9. The van der Waals surface area contributed by atoms with Crippen molar-refractivity contribution in [2.75, 3.05) is 7.11 Å². The van der Waals surface area contributed by atoms with Gasteiger partial charge in [-0.05, 0) is 19.4 Å². The number of esters is 1. The lowest BCUT2D eigenvalue weighted by Gasteiger charge is -2.11. The molecule has 4 nitrogen and oxygen atoms in total. The quantitative estimate of drug-likeness (QED) is 0.712. The van der Waals surface area contributed by atoms with E-state index in [0.717, 1.165) is 6.42 Å². The summed E-state index contributed by atoms with van der Waals surface area (Å²) in [6.45, 7) is 3.97. The SMILES string of the molecule is CCC(C)Oc1cc(C(=O)OC)ccn1. The summed E-state index contributed by atoms with van der Waals surface area (Å²) in [6, 6.07) is 3.17. The highest BCUT2D eigenvalue weighted by Crippen LogP contribution is 2.12. The number of carbonyl (C=O) groups is 1. The molecular formula is C11H15NO3. The summed E-state index contributed by atoms with van der Waals surface area (Å²) in [4.78, 5) is 15.2. The molecule has 1 atom stereocenters. The minimum atomic E-state index is -0.383. The zero-order chi connectivity index (χ0) is 11.3. The molecule has 1 rings (SSSR count). The molecule has 0 fully saturated rings. The molecule has 1 heterocycles. The lowest BCUT2D eigenvalue weighted by atomic mass is 10.2. The van der Waals surface area contributed by atoms with Crippen molar-refractivity contribution in [3.05, 3.63) is 23.9 Å². The molecule has 0 saturated heterocycles. The smallest absolute Gasteiger partial charge is 0.338 e. The molecule has 0 aliphatic heterocycles. The van der Waals surface area contributed by atoms with Crippen LogP contribution in [0.1, 0.15) is 30.6 Å². The van der Waals surface area contributed by atoms with Crippen LogP contribution in [0.3, 0.4) is 0 Å². The van der Waals surface area contributed by atoms with Crippen LogP contribution in [0.4, 0.5) is 0 Å². The van der Waals surface area contributed by atoms with Crippen LogP contribution in [-0.2, 0) is 4.74 Å². The standard InChI is InChI=1S/C11H15NO3/c1-4-8(2)15-10-7-9(5-6-12-10)11(13)14-3/h5-8H,4H2,1-3H3.